The SMILES string of the molecule is CC(C)(C)c1cc(-c2ccccc2)cc(-c2cccc3c4ccccc4c4ccccc4c4cccc5c4n(c23)[CH-]N5c2[c-]c(Oc3[c-]c4c(cc3)c3c(-c5ccccc5)cccc3n4-c3cc(C(C)(C)C)ccn3)ccc2)c1.[Pt]. The van der Waals surface area contributed by atoms with Crippen LogP contribution in [0.25, 0.3) is 104 Å². The van der Waals surface area contributed by atoms with Crippen LogP contribution in [0.3, 0.4) is 0 Å². The molecule has 0 radical (unpaired) electrons. The number of anilines is 2. The summed E-state index contributed by atoms with van der Waals surface area (Å²) >= 11 is 0. The van der Waals surface area contributed by atoms with E-state index in [1.807, 2.05) is 18.3 Å². The van der Waals surface area contributed by atoms with Gasteiger partial charge < -0.3 is 18.8 Å². The molecule has 0 N–H and O–H groups in total. The van der Waals surface area contributed by atoms with Crippen molar-refractivity contribution in [2.24, 2.45) is 0 Å². The maximum atomic E-state index is 6.91. The van der Waals surface area contributed by atoms with Gasteiger partial charge in [-0.3, -0.25) is 0 Å². The van der Waals surface area contributed by atoms with E-state index in [0.717, 1.165) is 83.1 Å². The van der Waals surface area contributed by atoms with Gasteiger partial charge in [-0.15, -0.1) is 35.7 Å². The van der Waals surface area contributed by atoms with Crippen molar-refractivity contribution in [3.63, 3.8) is 0 Å². The van der Waals surface area contributed by atoms with Gasteiger partial charge in [0.25, 0.3) is 0 Å². The molecular formula is C74H57N4OPt-3. The Hall–Kier alpha value is -8.89. The predicted molar refractivity (Wildman–Crippen MR) is 330 cm³/mol. The molecule has 6 heteroatoms. The summed E-state index contributed by atoms with van der Waals surface area (Å²) in [6, 6.07) is 88.5. The Labute approximate surface area is 482 Å². The maximum absolute atomic E-state index is 6.91. The summed E-state index contributed by atoms with van der Waals surface area (Å²) < 4.78 is 11.6. The number of aromatic nitrogens is 3. The van der Waals surface area contributed by atoms with Gasteiger partial charge in [0, 0.05) is 50.0 Å². The van der Waals surface area contributed by atoms with Gasteiger partial charge in [-0.25, -0.2) is 4.98 Å². The molecule has 0 saturated heterocycles. The predicted octanol–water partition coefficient (Wildman–Crippen LogP) is 19.8. The molecule has 13 aromatic rings. The van der Waals surface area contributed by atoms with E-state index in [2.05, 4.69) is 287 Å². The van der Waals surface area contributed by atoms with Crippen LogP contribution < -0.4 is 9.64 Å². The molecule has 3 aromatic heterocycles. The van der Waals surface area contributed by atoms with E-state index in [1.165, 1.54) is 43.8 Å². The molecule has 0 atom stereocenters. The Morgan fingerprint density at radius 1 is 0.438 bits per heavy atom. The largest absolute Gasteiger partial charge is 0.509 e. The summed E-state index contributed by atoms with van der Waals surface area (Å²) in [6.07, 6.45) is 1.92. The van der Waals surface area contributed by atoms with E-state index >= 15 is 0 Å². The molecule has 10 aromatic carbocycles. The second kappa shape index (κ2) is 19.8. The Balaban J connectivity index is 0.00000605. The van der Waals surface area contributed by atoms with E-state index in [9.17, 15) is 0 Å². The molecule has 0 aliphatic carbocycles. The minimum Gasteiger partial charge on any atom is -0.509 e. The normalized spacial score (nSPS) is 12.3. The van der Waals surface area contributed by atoms with Gasteiger partial charge in [0.05, 0.1) is 0 Å². The van der Waals surface area contributed by atoms with Crippen molar-refractivity contribution < 1.29 is 25.8 Å². The second-order valence-electron chi connectivity index (χ2n) is 22.9. The Morgan fingerprint density at radius 3 is 1.71 bits per heavy atom. The number of fused-ring (bicyclic) bond motifs is 10. The first kappa shape index (κ1) is 50.6. The number of benzene rings is 10. The van der Waals surface area contributed by atoms with Gasteiger partial charge in [-0.2, -0.15) is 12.1 Å². The second-order valence-corrected chi connectivity index (χ2v) is 22.9. The number of hydrogen-bond acceptors (Lipinski definition) is 3. The number of pyridine rings is 1. The van der Waals surface area contributed by atoms with Crippen LogP contribution >= 0.6 is 0 Å². The van der Waals surface area contributed by atoms with Gasteiger partial charge in [0.1, 0.15) is 5.82 Å². The van der Waals surface area contributed by atoms with Crippen LogP contribution in [0.15, 0.2) is 231 Å². The van der Waals surface area contributed by atoms with Gasteiger partial charge in [-0.1, -0.05) is 217 Å². The summed E-state index contributed by atoms with van der Waals surface area (Å²) in [6.45, 7) is 15.9. The van der Waals surface area contributed by atoms with Crippen molar-refractivity contribution >= 4 is 76.5 Å². The smallest absolute Gasteiger partial charge is 0.135 e. The van der Waals surface area contributed by atoms with Crippen molar-refractivity contribution in [3.8, 4) is 50.7 Å². The van der Waals surface area contributed by atoms with Crippen molar-refractivity contribution in [3.05, 3.63) is 261 Å². The molecule has 0 bridgehead atoms. The number of para-hydroxylation sites is 2. The molecule has 0 amide bonds. The fraction of sp³-hybridized carbons (Fsp3) is 0.108. The first-order valence-electron chi connectivity index (χ1n) is 27.3. The van der Waals surface area contributed by atoms with Crippen molar-refractivity contribution in [1.29, 1.82) is 0 Å². The van der Waals surface area contributed by atoms with Crippen LogP contribution in [0, 0.1) is 18.8 Å². The van der Waals surface area contributed by atoms with Gasteiger partial charge >= 0.3 is 0 Å². The number of nitrogens with zero attached hydrogens (tertiary/aromatic N) is 4. The molecule has 14 rings (SSSR count). The molecule has 392 valence electrons. The number of rotatable bonds is 7. The topological polar surface area (TPSA) is 35.2 Å². The first-order valence-corrected chi connectivity index (χ1v) is 27.3. The third kappa shape index (κ3) is 8.69. The molecule has 0 fully saturated rings. The Bertz CT molecular complexity index is 4640. The number of hydrogen-bond donors (Lipinski definition) is 0. The van der Waals surface area contributed by atoms with Crippen LogP contribution in [-0.4, -0.2) is 14.1 Å². The van der Waals surface area contributed by atoms with Gasteiger partial charge in [-0.05, 0) is 141 Å². The van der Waals surface area contributed by atoms with E-state index in [-0.39, 0.29) is 31.9 Å². The van der Waals surface area contributed by atoms with E-state index in [4.69, 9.17) is 9.72 Å². The average molecular weight is 1210 g/mol. The summed E-state index contributed by atoms with van der Waals surface area (Å²) in [5.41, 5.74) is 15.3. The van der Waals surface area contributed by atoms with Crippen molar-refractivity contribution in [2.75, 3.05) is 4.90 Å². The average Bonchev–Trinajstić information content (AvgIpc) is 4.16. The quantitative estimate of drug-likeness (QED) is 0.149. The van der Waals surface area contributed by atoms with Crippen LogP contribution in [0.1, 0.15) is 52.7 Å². The van der Waals surface area contributed by atoms with E-state index in [1.54, 1.807) is 0 Å². The first-order chi connectivity index (χ1) is 38.4. The van der Waals surface area contributed by atoms with Crippen LogP contribution in [0.4, 0.5) is 11.4 Å². The zero-order valence-electron chi connectivity index (χ0n) is 45.5. The Kier molecular flexibility index (Phi) is 12.5. The third-order valence-corrected chi connectivity index (χ3v) is 15.8. The van der Waals surface area contributed by atoms with Crippen molar-refractivity contribution in [1.82, 2.24) is 14.1 Å². The zero-order valence-corrected chi connectivity index (χ0v) is 47.8. The maximum Gasteiger partial charge on any atom is 0.135 e. The summed E-state index contributed by atoms with van der Waals surface area (Å²) in [5.74, 6) is 1.99. The summed E-state index contributed by atoms with van der Waals surface area (Å²) in [4.78, 5) is 7.27. The summed E-state index contributed by atoms with van der Waals surface area (Å²) in [7, 11) is 0. The molecule has 1 aliphatic rings. The fourth-order valence-corrected chi connectivity index (χ4v) is 11.9. The van der Waals surface area contributed by atoms with Gasteiger partial charge in [0.15, 0.2) is 0 Å². The molecule has 5 nitrogen and oxygen atoms in total. The van der Waals surface area contributed by atoms with Gasteiger partial charge in [0.2, 0.25) is 0 Å². The molecule has 4 heterocycles. The molecule has 0 spiro atoms. The monoisotopic (exact) mass is 1210 g/mol. The van der Waals surface area contributed by atoms with E-state index < -0.39 is 0 Å². The standard InChI is InChI=1S/C74H57N4O.Pt/c1-73(2,3)52-39-40-75-69(44-52)78-66-35-19-31-57(49-23-11-8-12-24-49)70(66)65-38-37-56(46-68(65)78)79-55-26-17-25-54(45-55)76-47-77-71-58(51-41-50(48-21-9-7-10-22-48)42-53(43-51)74(4,5)6)32-18-33-63(71)61-29-15-13-27-59(61)60-28-14-16-30-62(60)64-34-20-36-67(76)72(64)77;/h7-44,47H,1-6H3;/q-3;. The molecule has 0 unspecified atom stereocenters. The zero-order chi connectivity index (χ0) is 53.6. The molecule has 0 saturated carbocycles. The summed E-state index contributed by atoms with van der Waals surface area (Å²) in [5, 5.41) is 9.22. The van der Waals surface area contributed by atoms with Crippen molar-refractivity contribution in [2.45, 2.75) is 52.4 Å². The van der Waals surface area contributed by atoms with E-state index in [0.29, 0.717) is 11.5 Å². The fourth-order valence-electron chi connectivity index (χ4n) is 11.9. The molecule has 1 aliphatic heterocycles. The minimum atomic E-state index is -0.100. The van der Waals surface area contributed by atoms with Crippen LogP contribution in [-0.2, 0) is 31.9 Å². The molecular weight excluding hydrogens is 1160 g/mol. The minimum absolute atomic E-state index is 0. The van der Waals surface area contributed by atoms with Crippen LogP contribution in [0.2, 0.25) is 0 Å². The van der Waals surface area contributed by atoms with Crippen LogP contribution in [0.5, 0.6) is 11.5 Å². The number of ether oxygens (including phenoxy) is 1. The Morgan fingerprint density at radius 2 is 1.01 bits per heavy atom. The molecule has 80 heavy (non-hydrogen) atoms. The third-order valence-electron chi connectivity index (χ3n) is 15.8.